The van der Waals surface area contributed by atoms with Crippen molar-refractivity contribution >= 4 is 11.8 Å². The maximum atomic E-state index is 12.8. The van der Waals surface area contributed by atoms with Crippen LogP contribution in [0.5, 0.6) is 0 Å². The Kier molecular flexibility index (Phi) is 4.30. The molecule has 0 spiro atoms. The average molecular weight is 356 g/mol. The second-order valence-corrected chi connectivity index (χ2v) is 7.26. The number of amides is 2. The summed E-state index contributed by atoms with van der Waals surface area (Å²) in [5, 5.41) is 3.04. The third-order valence-electron chi connectivity index (χ3n) is 5.41. The fraction of sp³-hybridized carbons (Fsp3) is 0.526. The lowest BCUT2D eigenvalue weighted by Crippen LogP contribution is -2.41. The van der Waals surface area contributed by atoms with E-state index in [0.29, 0.717) is 24.9 Å². The summed E-state index contributed by atoms with van der Waals surface area (Å²) in [6, 6.07) is 1.97. The van der Waals surface area contributed by atoms with Crippen LogP contribution in [0.4, 0.5) is 0 Å². The van der Waals surface area contributed by atoms with Gasteiger partial charge in [0, 0.05) is 30.9 Å². The number of aromatic nitrogens is 2. The van der Waals surface area contributed by atoms with Gasteiger partial charge in [-0.3, -0.25) is 9.59 Å². The molecule has 7 nitrogen and oxygen atoms in total. The van der Waals surface area contributed by atoms with E-state index in [9.17, 15) is 9.59 Å². The topological polar surface area (TPSA) is 80.4 Å². The third kappa shape index (κ3) is 3.02. The Labute approximate surface area is 152 Å². The summed E-state index contributed by atoms with van der Waals surface area (Å²) in [6.07, 6.45) is 7.11. The van der Waals surface area contributed by atoms with Crippen LogP contribution >= 0.6 is 0 Å². The maximum Gasteiger partial charge on any atom is 0.290 e. The molecular formula is C19H24N4O3. The number of hydrogen-bond donors (Lipinski definition) is 1. The first kappa shape index (κ1) is 16.9. The predicted molar refractivity (Wildman–Crippen MR) is 94.6 cm³/mol. The van der Waals surface area contributed by atoms with Gasteiger partial charge in [-0.1, -0.05) is 0 Å². The number of furan rings is 1. The molecule has 0 radical (unpaired) electrons. The van der Waals surface area contributed by atoms with Crippen LogP contribution in [0.15, 0.2) is 22.9 Å². The number of imidazole rings is 1. The first-order valence-electron chi connectivity index (χ1n) is 9.23. The van der Waals surface area contributed by atoms with Gasteiger partial charge in [-0.25, -0.2) is 4.98 Å². The number of rotatable bonds is 4. The molecule has 0 aromatic carbocycles. The molecular weight excluding hydrogens is 332 g/mol. The average Bonchev–Trinajstić information content (AvgIpc) is 3.17. The molecule has 2 amide bonds. The normalized spacial score (nSPS) is 19.8. The Bertz CT molecular complexity index is 834. The lowest BCUT2D eigenvalue weighted by molar-refractivity contribution is -0.121. The van der Waals surface area contributed by atoms with Crippen molar-refractivity contribution in [2.45, 2.75) is 58.2 Å². The van der Waals surface area contributed by atoms with Crippen LogP contribution in [0.3, 0.4) is 0 Å². The van der Waals surface area contributed by atoms with Crippen molar-refractivity contribution < 1.29 is 14.0 Å². The minimum absolute atomic E-state index is 0.0249. The van der Waals surface area contributed by atoms with Gasteiger partial charge < -0.3 is 19.2 Å². The number of carbonyl (C=O) groups is 2. The molecule has 7 heteroatoms. The number of fused-ring (bicyclic) bond motifs is 1. The van der Waals surface area contributed by atoms with Gasteiger partial charge >= 0.3 is 0 Å². The van der Waals surface area contributed by atoms with Gasteiger partial charge in [-0.05, 0) is 39.2 Å². The van der Waals surface area contributed by atoms with Crippen LogP contribution in [0, 0.1) is 6.92 Å². The van der Waals surface area contributed by atoms with Crippen LogP contribution in [0.25, 0.3) is 0 Å². The van der Waals surface area contributed by atoms with E-state index in [1.807, 2.05) is 20.0 Å². The van der Waals surface area contributed by atoms with E-state index < -0.39 is 0 Å². The summed E-state index contributed by atoms with van der Waals surface area (Å²) < 4.78 is 7.41. The predicted octanol–water partition coefficient (Wildman–Crippen LogP) is 2.21. The highest BCUT2D eigenvalue weighted by molar-refractivity contribution is 5.93. The Morgan fingerprint density at radius 2 is 2.15 bits per heavy atom. The number of hydrogen-bond acceptors (Lipinski definition) is 4. The van der Waals surface area contributed by atoms with Gasteiger partial charge in [0.2, 0.25) is 5.91 Å². The Hall–Kier alpha value is -2.57. The van der Waals surface area contributed by atoms with Crippen molar-refractivity contribution in [1.82, 2.24) is 19.8 Å². The minimum Gasteiger partial charge on any atom is -0.459 e. The van der Waals surface area contributed by atoms with E-state index in [-0.39, 0.29) is 24.3 Å². The lowest BCUT2D eigenvalue weighted by atomic mass is 9.93. The molecule has 1 unspecified atom stereocenters. The standard InChI is InChI=1S/C19H24N4O3/c1-12-6-9-26-17(12)19(25)23-8-7-22-11-15(21-18(22)13(23)2)10-16(24)20-14-4-3-5-14/h6,9,11,13-14H,3-5,7-8,10H2,1-2H3,(H,20,24). The first-order chi connectivity index (χ1) is 12.5. The molecule has 2 aromatic heterocycles. The van der Waals surface area contributed by atoms with Gasteiger partial charge in [0.15, 0.2) is 5.76 Å². The minimum atomic E-state index is -0.163. The monoisotopic (exact) mass is 356 g/mol. The van der Waals surface area contributed by atoms with Gasteiger partial charge in [0.25, 0.3) is 5.91 Å². The molecule has 26 heavy (non-hydrogen) atoms. The van der Waals surface area contributed by atoms with E-state index in [1.54, 1.807) is 11.0 Å². The summed E-state index contributed by atoms with van der Waals surface area (Å²) in [6.45, 7) is 5.09. The molecule has 1 N–H and O–H groups in total. The van der Waals surface area contributed by atoms with Crippen molar-refractivity contribution in [2.24, 2.45) is 0 Å². The van der Waals surface area contributed by atoms with E-state index in [2.05, 4.69) is 14.9 Å². The number of aryl methyl sites for hydroxylation is 1. The molecule has 1 atom stereocenters. The van der Waals surface area contributed by atoms with Gasteiger partial charge in [0.05, 0.1) is 24.4 Å². The molecule has 1 fully saturated rings. The summed E-state index contributed by atoms with van der Waals surface area (Å²) in [5.74, 6) is 1.12. The van der Waals surface area contributed by atoms with Crippen LogP contribution in [-0.4, -0.2) is 38.9 Å². The quantitative estimate of drug-likeness (QED) is 0.911. The highest BCUT2D eigenvalue weighted by atomic mass is 16.3. The van der Waals surface area contributed by atoms with E-state index >= 15 is 0 Å². The molecule has 1 aliphatic heterocycles. The molecule has 0 saturated heterocycles. The van der Waals surface area contributed by atoms with E-state index in [0.717, 1.165) is 29.9 Å². The van der Waals surface area contributed by atoms with Gasteiger partial charge in [0.1, 0.15) is 5.82 Å². The fourth-order valence-electron chi connectivity index (χ4n) is 3.63. The summed E-state index contributed by atoms with van der Waals surface area (Å²) >= 11 is 0. The largest absolute Gasteiger partial charge is 0.459 e. The molecule has 138 valence electrons. The zero-order valence-corrected chi connectivity index (χ0v) is 15.2. The molecule has 1 aliphatic carbocycles. The Morgan fingerprint density at radius 1 is 1.35 bits per heavy atom. The maximum absolute atomic E-state index is 12.8. The molecule has 3 heterocycles. The zero-order chi connectivity index (χ0) is 18.3. The van der Waals surface area contributed by atoms with Crippen LogP contribution in [0.1, 0.15) is 59.9 Å². The second kappa shape index (κ2) is 6.63. The molecule has 0 bridgehead atoms. The zero-order valence-electron chi connectivity index (χ0n) is 15.2. The third-order valence-corrected chi connectivity index (χ3v) is 5.41. The molecule has 4 rings (SSSR count). The summed E-state index contributed by atoms with van der Waals surface area (Å²) in [7, 11) is 0. The fourth-order valence-corrected chi connectivity index (χ4v) is 3.63. The summed E-state index contributed by atoms with van der Waals surface area (Å²) in [5.41, 5.74) is 1.59. The smallest absolute Gasteiger partial charge is 0.290 e. The van der Waals surface area contributed by atoms with Crippen LogP contribution in [0.2, 0.25) is 0 Å². The Morgan fingerprint density at radius 3 is 2.81 bits per heavy atom. The van der Waals surface area contributed by atoms with Crippen LogP contribution < -0.4 is 5.32 Å². The second-order valence-electron chi connectivity index (χ2n) is 7.26. The van der Waals surface area contributed by atoms with Crippen LogP contribution in [-0.2, 0) is 17.8 Å². The first-order valence-corrected chi connectivity index (χ1v) is 9.23. The number of nitrogens with zero attached hydrogens (tertiary/aromatic N) is 3. The summed E-state index contributed by atoms with van der Waals surface area (Å²) in [4.78, 5) is 31.3. The molecule has 2 aromatic rings. The lowest BCUT2D eigenvalue weighted by Gasteiger charge is -2.33. The van der Waals surface area contributed by atoms with Crippen molar-refractivity contribution in [2.75, 3.05) is 6.54 Å². The van der Waals surface area contributed by atoms with Crippen molar-refractivity contribution in [3.05, 3.63) is 41.4 Å². The number of nitrogens with one attached hydrogen (secondary N) is 1. The highest BCUT2D eigenvalue weighted by Crippen LogP contribution is 2.27. The SMILES string of the molecule is Cc1ccoc1C(=O)N1CCn2cc(CC(=O)NC3CCC3)nc2C1C. The molecule has 2 aliphatic rings. The van der Waals surface area contributed by atoms with Crippen molar-refractivity contribution in [1.29, 1.82) is 0 Å². The van der Waals surface area contributed by atoms with E-state index in [1.165, 1.54) is 12.7 Å². The van der Waals surface area contributed by atoms with Gasteiger partial charge in [-0.15, -0.1) is 0 Å². The van der Waals surface area contributed by atoms with Crippen molar-refractivity contribution in [3.8, 4) is 0 Å². The Balaban J connectivity index is 1.47. The number of carbonyl (C=O) groups excluding carboxylic acids is 2. The molecule has 1 saturated carbocycles. The van der Waals surface area contributed by atoms with E-state index in [4.69, 9.17) is 4.42 Å². The van der Waals surface area contributed by atoms with Gasteiger partial charge in [-0.2, -0.15) is 0 Å². The van der Waals surface area contributed by atoms with Crippen molar-refractivity contribution in [3.63, 3.8) is 0 Å². The highest BCUT2D eigenvalue weighted by Gasteiger charge is 2.32.